The van der Waals surface area contributed by atoms with Crippen LogP contribution < -0.4 is 27.0 Å². The van der Waals surface area contributed by atoms with Gasteiger partial charge in [-0.1, -0.05) is 178 Å². The molecule has 2 atom stereocenters. The minimum atomic E-state index is -4.95. The summed E-state index contributed by atoms with van der Waals surface area (Å²) in [5, 5.41) is 18.8. The molecule has 0 radical (unpaired) electrons. The lowest BCUT2D eigenvalue weighted by Crippen LogP contribution is -2.23. The number of anilines is 4. The molecule has 0 saturated heterocycles. The summed E-state index contributed by atoms with van der Waals surface area (Å²) in [4.78, 5) is 72.9. The van der Waals surface area contributed by atoms with Crippen LogP contribution in [-0.2, 0) is 48.2 Å². The Hall–Kier alpha value is -7.09. The lowest BCUT2D eigenvalue weighted by atomic mass is 10.0. The number of carbonyl (C=O) groups excluding carboxylic acids is 4. The van der Waals surface area contributed by atoms with Gasteiger partial charge in [-0.2, -0.15) is 0 Å². The molecule has 11 rings (SSSR count). The molecule has 95 heavy (non-hydrogen) atoms. The molecule has 4 aliphatic heterocycles. The van der Waals surface area contributed by atoms with Gasteiger partial charge in [0.25, 0.3) is 23.6 Å². The van der Waals surface area contributed by atoms with E-state index in [9.17, 15) is 42.0 Å². The third-order valence-electron chi connectivity index (χ3n) is 14.3. The fourth-order valence-corrected chi connectivity index (χ4v) is 17.8. The molecule has 25 heteroatoms. The Labute approximate surface area is 566 Å². The molecule has 4 heterocycles. The number of allylic oxidation sites excluding steroid dienone is 1. The molecule has 7 aromatic carbocycles. The number of fused-ring (bicyclic) bond motifs is 4. The molecule has 4 amide bonds. The van der Waals surface area contributed by atoms with Gasteiger partial charge in [0.1, 0.15) is 19.8 Å². The number of carbonyl (C=O) groups is 4. The summed E-state index contributed by atoms with van der Waals surface area (Å²) in [5.74, 6) is -0.172. The van der Waals surface area contributed by atoms with E-state index in [-0.39, 0.29) is 23.6 Å². The van der Waals surface area contributed by atoms with E-state index in [1.54, 1.807) is 40.0 Å². The largest absolute Gasteiger partial charge is 0.370 e. The number of benzene rings is 7. The highest BCUT2D eigenvalue weighted by molar-refractivity contribution is 7.80. The third kappa shape index (κ3) is 22.8. The van der Waals surface area contributed by atoms with Gasteiger partial charge in [0.05, 0.1) is 7.14 Å². The first-order valence-corrected chi connectivity index (χ1v) is 42.5. The monoisotopic (exact) mass is 1430 g/mol. The van der Waals surface area contributed by atoms with Crippen LogP contribution in [0.25, 0.3) is 40.5 Å². The van der Waals surface area contributed by atoms with Crippen LogP contribution in [0.5, 0.6) is 0 Å². The second-order valence-corrected chi connectivity index (χ2v) is 39.9. The summed E-state index contributed by atoms with van der Waals surface area (Å²) < 4.78 is 55.5. The molecule has 0 aliphatic carbocycles. The van der Waals surface area contributed by atoms with Crippen LogP contribution in [0.3, 0.4) is 0 Å². The number of aliphatic hydroxyl groups is 1. The number of hydrogen-bond acceptors (Lipinski definition) is 11. The standard InChI is InChI=1S/C18H18NO2P.2C15H10ClNO.C12H13NO.C5H15NO2P2.C3H10O6P2.C2H6/c1-22(2,21)12-14-9-7-13(8-10-14)11-16-15-5-3-4-6-17(15)19-18(16)20;2*16-11-7-5-10(6-8-11)9-13-12-3-1-2-4-14(12)17-15(13)18;1-2-3-6-10-9-7-4-5-8-11(9)13-12(10)14;1-9(2,7)5(6)10(3,4)8;1-3(4,10(2,5)6)11(7,8)9;1-2/h3-11H,12H2,1-2H3,(H,19,20);2*1-9H,(H,17,18);4-8H,2-3H2,1H3,(H,13,14);5H,6H2,1-4H3;4H,1-2H3,(H,5,6)(H2,7,8,9);1-2H3/b16-11-;2*13-9-;10-6-;;;. The molecule has 10 N–H and O–H groups in total. The van der Waals surface area contributed by atoms with Crippen LogP contribution in [0, 0.1) is 0 Å². The topological polar surface area (TPSA) is 309 Å². The van der Waals surface area contributed by atoms with Gasteiger partial charge in [0, 0.05) is 90.2 Å². The average molecular weight is 1430 g/mol. The van der Waals surface area contributed by atoms with Crippen molar-refractivity contribution in [3.8, 4) is 0 Å². The zero-order chi connectivity index (χ0) is 70.9. The molecule has 7 aromatic rings. The molecule has 504 valence electrons. The fourth-order valence-electron chi connectivity index (χ4n) is 9.17. The van der Waals surface area contributed by atoms with Gasteiger partial charge in [0.15, 0.2) is 0 Å². The van der Waals surface area contributed by atoms with Crippen LogP contribution in [0.1, 0.15) is 85.0 Å². The summed E-state index contributed by atoms with van der Waals surface area (Å²) in [7, 11) is -15.9. The molecule has 4 aliphatic rings. The molecule has 0 fully saturated rings. The fraction of sp³-hybridized carbons (Fsp3) is 0.229. The zero-order valence-electron chi connectivity index (χ0n) is 54.7. The van der Waals surface area contributed by atoms with Crippen molar-refractivity contribution in [3.63, 3.8) is 0 Å². The van der Waals surface area contributed by atoms with Crippen LogP contribution in [0.15, 0.2) is 176 Å². The average Bonchev–Trinajstić information content (AvgIpc) is 1.83. The van der Waals surface area contributed by atoms with Crippen LogP contribution in [0.4, 0.5) is 22.7 Å². The van der Waals surface area contributed by atoms with E-state index < -0.39 is 47.0 Å². The molecule has 2 unspecified atom stereocenters. The van der Waals surface area contributed by atoms with E-state index in [1.807, 2.05) is 208 Å². The van der Waals surface area contributed by atoms with Gasteiger partial charge in [-0.05, 0) is 142 Å². The maximum atomic E-state index is 12.1. The molecular weight excluding hydrogens is 1340 g/mol. The second-order valence-electron chi connectivity index (χ2n) is 23.3. The maximum absolute atomic E-state index is 12.1. The first kappa shape index (κ1) is 78.6. The Morgan fingerprint density at radius 2 is 0.737 bits per heavy atom. The predicted octanol–water partition coefficient (Wildman–Crippen LogP) is 17.0. The highest BCUT2D eigenvalue weighted by Gasteiger charge is 2.52. The lowest BCUT2D eigenvalue weighted by molar-refractivity contribution is -0.111. The maximum Gasteiger partial charge on any atom is 0.366 e. The van der Waals surface area contributed by atoms with Gasteiger partial charge < -0.3 is 60.5 Å². The van der Waals surface area contributed by atoms with Gasteiger partial charge in [0.2, 0.25) is 12.5 Å². The summed E-state index contributed by atoms with van der Waals surface area (Å²) in [6.07, 6.45) is 10.3. The second kappa shape index (κ2) is 34.2. The first-order valence-electron chi connectivity index (χ1n) is 29.9. The van der Waals surface area contributed by atoms with Crippen LogP contribution in [-0.4, -0.2) is 101 Å². The summed E-state index contributed by atoms with van der Waals surface area (Å²) in [6.45, 7) is 17.3. The first-order chi connectivity index (χ1) is 44.4. The number of halogens is 2. The number of nitrogens with two attached hydrogens (primary N) is 1. The quantitative estimate of drug-likeness (QED) is 0.0430. The van der Waals surface area contributed by atoms with Crippen molar-refractivity contribution >= 4 is 146 Å². The lowest BCUT2D eigenvalue weighted by Gasteiger charge is -2.26. The van der Waals surface area contributed by atoms with E-state index in [2.05, 4.69) is 28.2 Å². The van der Waals surface area contributed by atoms with Crippen molar-refractivity contribution in [2.24, 2.45) is 5.73 Å². The summed E-state index contributed by atoms with van der Waals surface area (Å²) >= 11 is 11.7. The number of para-hydroxylation sites is 4. The van der Waals surface area contributed by atoms with Crippen molar-refractivity contribution in [3.05, 3.63) is 230 Å². The highest BCUT2D eigenvalue weighted by Crippen LogP contribution is 2.67. The normalized spacial score (nSPS) is 16.4. The van der Waals surface area contributed by atoms with E-state index in [0.29, 0.717) is 46.5 Å². The summed E-state index contributed by atoms with van der Waals surface area (Å²) in [5.41, 5.74) is 19.1. The molecule has 0 saturated carbocycles. The van der Waals surface area contributed by atoms with Crippen LogP contribution in [0.2, 0.25) is 10.0 Å². The minimum Gasteiger partial charge on any atom is -0.370 e. The molecule has 18 nitrogen and oxygen atoms in total. The zero-order valence-corrected chi connectivity index (χ0v) is 60.7. The van der Waals surface area contributed by atoms with Crippen molar-refractivity contribution in [1.82, 2.24) is 0 Å². The minimum absolute atomic E-state index is 0.0275. The Balaban J connectivity index is 0.000000209. The number of nitrogens with one attached hydrogen (secondary N) is 4. The van der Waals surface area contributed by atoms with E-state index >= 15 is 0 Å². The van der Waals surface area contributed by atoms with E-state index in [4.69, 9.17) is 48.7 Å². The van der Waals surface area contributed by atoms with Crippen molar-refractivity contribution < 1.29 is 61.8 Å². The third-order valence-corrected chi connectivity index (χ3v) is 26.4. The highest BCUT2D eigenvalue weighted by atomic mass is 35.5. The van der Waals surface area contributed by atoms with Crippen molar-refractivity contribution in [2.45, 2.75) is 57.3 Å². The number of rotatable bonds is 11. The molecule has 0 spiro atoms. The predicted molar refractivity (Wildman–Crippen MR) is 396 cm³/mol. The van der Waals surface area contributed by atoms with Gasteiger partial charge in [-0.3, -0.25) is 28.3 Å². The van der Waals surface area contributed by atoms with E-state index in [1.165, 1.54) is 0 Å². The Kier molecular flexibility index (Phi) is 28.3. The Morgan fingerprint density at radius 3 is 0.979 bits per heavy atom. The smallest absolute Gasteiger partial charge is 0.366 e. The van der Waals surface area contributed by atoms with Gasteiger partial charge in [-0.15, -0.1) is 0 Å². The Bertz CT molecular complexity index is 4130. The van der Waals surface area contributed by atoms with Gasteiger partial charge >= 0.3 is 7.60 Å². The van der Waals surface area contributed by atoms with Crippen molar-refractivity contribution in [2.75, 3.05) is 67.9 Å². The molecule has 0 aromatic heterocycles. The number of amides is 4. The van der Waals surface area contributed by atoms with Crippen molar-refractivity contribution in [1.29, 1.82) is 0 Å². The van der Waals surface area contributed by atoms with Crippen LogP contribution >= 0.6 is 59.6 Å². The SMILES string of the molecule is CC.CC(O)(P(C)(=O)O)P(=O)(O)O.CCC/C=C1\C(=O)Nc2ccccc21.CP(C)(=O)C(N)P(C)(C)=O.CP(C)(=O)Cc1ccc(/C=C2\C(=O)Nc3ccccc32)cc1.O=C1Nc2ccccc2/C1=C/c1ccc(Cl)cc1.O=C1Nc2ccccc2/C1=C/c1ccc(Cl)cc1. The number of hydrogen-bond donors (Lipinski definition) is 9. The number of unbranched alkanes of at least 4 members (excludes halogenated alkanes) is 1. The Morgan fingerprint density at radius 1 is 0.463 bits per heavy atom. The molecule has 0 bridgehead atoms. The summed E-state index contributed by atoms with van der Waals surface area (Å²) in [6, 6.07) is 53.5. The van der Waals surface area contributed by atoms with E-state index in [0.717, 1.165) is 85.7 Å². The van der Waals surface area contributed by atoms with Gasteiger partial charge in [-0.25, -0.2) is 0 Å². The molecular formula is C70H82Cl2N5O13P5.